The first-order chi connectivity index (χ1) is 9.80. The van der Waals surface area contributed by atoms with Gasteiger partial charge in [0.05, 0.1) is 11.6 Å². The van der Waals surface area contributed by atoms with Gasteiger partial charge in [-0.1, -0.05) is 30.3 Å². The topological polar surface area (TPSA) is 29.3 Å². The van der Waals surface area contributed by atoms with Gasteiger partial charge in [-0.05, 0) is 29.3 Å². The average molecular weight is 294 g/mol. The van der Waals surface area contributed by atoms with Gasteiger partial charge in [0.1, 0.15) is 0 Å². The number of hydrogen-bond donors (Lipinski definition) is 1. The zero-order valence-corrected chi connectivity index (χ0v) is 11.9. The van der Waals surface area contributed by atoms with Crippen molar-refractivity contribution in [1.29, 1.82) is 0 Å². The molecule has 0 bridgehead atoms. The summed E-state index contributed by atoms with van der Waals surface area (Å²) in [5.41, 5.74) is 7.04. The van der Waals surface area contributed by atoms with E-state index in [0.717, 1.165) is 11.8 Å². The van der Waals surface area contributed by atoms with Crippen LogP contribution >= 0.6 is 0 Å². The molecule has 0 spiro atoms. The lowest BCUT2D eigenvalue weighted by Crippen LogP contribution is -2.18. The van der Waals surface area contributed by atoms with Crippen molar-refractivity contribution in [3.63, 3.8) is 0 Å². The number of nitrogens with zero attached hydrogens (tertiary/aromatic N) is 1. The number of anilines is 1. The van der Waals surface area contributed by atoms with Gasteiger partial charge < -0.3 is 10.6 Å². The summed E-state index contributed by atoms with van der Waals surface area (Å²) in [6.45, 7) is 0. The number of rotatable bonds is 3. The Bertz CT molecular complexity index is 604. The first kappa shape index (κ1) is 15.4. The van der Waals surface area contributed by atoms with Crippen LogP contribution in [0.3, 0.4) is 0 Å². The summed E-state index contributed by atoms with van der Waals surface area (Å²) in [6.07, 6.45) is -4.40. The van der Waals surface area contributed by atoms with E-state index in [-0.39, 0.29) is 5.56 Å². The van der Waals surface area contributed by atoms with Gasteiger partial charge in [0.15, 0.2) is 0 Å². The highest BCUT2D eigenvalue weighted by Gasteiger charge is 2.34. The maximum Gasteiger partial charge on any atom is 0.416 e. The Morgan fingerprint density at radius 3 is 2.05 bits per heavy atom. The van der Waals surface area contributed by atoms with Crippen molar-refractivity contribution in [2.24, 2.45) is 5.73 Å². The first-order valence-electron chi connectivity index (χ1n) is 6.49. The van der Waals surface area contributed by atoms with E-state index >= 15 is 0 Å². The van der Waals surface area contributed by atoms with E-state index < -0.39 is 17.8 Å². The number of alkyl halides is 3. The zero-order valence-electron chi connectivity index (χ0n) is 11.9. The summed E-state index contributed by atoms with van der Waals surface area (Å²) < 4.78 is 39.1. The van der Waals surface area contributed by atoms with Gasteiger partial charge in [0, 0.05) is 19.8 Å². The van der Waals surface area contributed by atoms with Gasteiger partial charge in [-0.25, -0.2) is 0 Å². The molecule has 1 unspecified atom stereocenters. The van der Waals surface area contributed by atoms with Gasteiger partial charge in [0.25, 0.3) is 0 Å². The third-order valence-corrected chi connectivity index (χ3v) is 3.37. The second-order valence-corrected chi connectivity index (χ2v) is 5.05. The number of hydrogen-bond acceptors (Lipinski definition) is 2. The molecule has 2 aromatic carbocycles. The molecule has 1 atom stereocenters. The predicted molar refractivity (Wildman–Crippen MR) is 78.2 cm³/mol. The molecule has 0 aliphatic carbocycles. The Morgan fingerprint density at radius 2 is 1.52 bits per heavy atom. The van der Waals surface area contributed by atoms with Crippen molar-refractivity contribution in [2.75, 3.05) is 19.0 Å². The monoisotopic (exact) mass is 294 g/mol. The predicted octanol–water partition coefficient (Wildman–Crippen LogP) is 3.82. The third-order valence-electron chi connectivity index (χ3n) is 3.37. The summed E-state index contributed by atoms with van der Waals surface area (Å²) in [5, 5.41) is 0. The quantitative estimate of drug-likeness (QED) is 0.932. The van der Waals surface area contributed by atoms with E-state index in [1.54, 1.807) is 18.2 Å². The van der Waals surface area contributed by atoms with Gasteiger partial charge in [-0.2, -0.15) is 13.2 Å². The normalized spacial score (nSPS) is 13.0. The molecular weight excluding hydrogens is 277 g/mol. The first-order valence-corrected chi connectivity index (χ1v) is 6.49. The highest BCUT2D eigenvalue weighted by atomic mass is 19.4. The molecule has 21 heavy (non-hydrogen) atoms. The van der Waals surface area contributed by atoms with Crippen LogP contribution in [0.2, 0.25) is 0 Å². The Labute approximate surface area is 122 Å². The van der Waals surface area contributed by atoms with Crippen LogP contribution in [0.1, 0.15) is 22.7 Å². The van der Waals surface area contributed by atoms with Crippen LogP contribution in [-0.4, -0.2) is 14.1 Å². The molecule has 0 saturated heterocycles. The van der Waals surface area contributed by atoms with Gasteiger partial charge >= 0.3 is 6.18 Å². The molecule has 2 N–H and O–H groups in total. The van der Waals surface area contributed by atoms with Gasteiger partial charge in [-0.15, -0.1) is 0 Å². The van der Waals surface area contributed by atoms with E-state index in [4.69, 9.17) is 5.73 Å². The van der Waals surface area contributed by atoms with Crippen molar-refractivity contribution >= 4 is 5.69 Å². The van der Waals surface area contributed by atoms with E-state index in [9.17, 15) is 13.2 Å². The zero-order chi connectivity index (χ0) is 15.6. The Hall–Kier alpha value is -2.01. The van der Waals surface area contributed by atoms with Crippen molar-refractivity contribution < 1.29 is 13.2 Å². The van der Waals surface area contributed by atoms with Crippen molar-refractivity contribution in [3.8, 4) is 0 Å². The highest BCUT2D eigenvalue weighted by Crippen LogP contribution is 2.35. The second kappa shape index (κ2) is 5.77. The number of benzene rings is 2. The molecule has 5 heteroatoms. The third kappa shape index (κ3) is 3.36. The Kier molecular flexibility index (Phi) is 4.23. The van der Waals surface area contributed by atoms with Crippen LogP contribution in [-0.2, 0) is 6.18 Å². The fraction of sp³-hybridized carbons (Fsp3) is 0.250. The van der Waals surface area contributed by atoms with E-state index in [2.05, 4.69) is 0 Å². The smallest absolute Gasteiger partial charge is 0.378 e. The minimum atomic E-state index is -4.40. The Morgan fingerprint density at radius 1 is 0.952 bits per heavy atom. The van der Waals surface area contributed by atoms with E-state index in [0.29, 0.717) is 5.56 Å². The molecular formula is C16H17F3N2. The average Bonchev–Trinajstić information content (AvgIpc) is 2.45. The molecule has 0 amide bonds. The lowest BCUT2D eigenvalue weighted by molar-refractivity contribution is -0.138. The van der Waals surface area contributed by atoms with Crippen LogP contribution < -0.4 is 10.6 Å². The van der Waals surface area contributed by atoms with Crippen LogP contribution in [0.15, 0.2) is 48.5 Å². The van der Waals surface area contributed by atoms with Gasteiger partial charge in [-0.3, -0.25) is 0 Å². The maximum atomic E-state index is 13.0. The number of halogens is 3. The molecule has 2 rings (SSSR count). The molecule has 0 aliphatic heterocycles. The lowest BCUT2D eigenvalue weighted by Gasteiger charge is -2.19. The van der Waals surface area contributed by atoms with Crippen molar-refractivity contribution in [3.05, 3.63) is 65.2 Å². The summed E-state index contributed by atoms with van der Waals surface area (Å²) in [7, 11) is 3.79. The van der Waals surface area contributed by atoms with Crippen molar-refractivity contribution in [2.45, 2.75) is 12.2 Å². The minimum absolute atomic E-state index is 0.0857. The highest BCUT2D eigenvalue weighted by molar-refractivity contribution is 5.48. The molecule has 2 nitrogen and oxygen atoms in total. The fourth-order valence-corrected chi connectivity index (χ4v) is 2.19. The number of nitrogens with two attached hydrogens (primary N) is 1. The van der Waals surface area contributed by atoms with E-state index in [1.807, 2.05) is 31.1 Å². The lowest BCUT2D eigenvalue weighted by atomic mass is 9.94. The van der Waals surface area contributed by atoms with Crippen LogP contribution in [0.25, 0.3) is 0 Å². The van der Waals surface area contributed by atoms with Crippen molar-refractivity contribution in [1.82, 2.24) is 0 Å². The standard InChI is InChI=1S/C16H17F3N2/c1-21(2)12-9-7-11(8-10-12)15(20)13-5-3-4-6-14(13)16(17,18)19/h3-10,15H,20H2,1-2H3. The second-order valence-electron chi connectivity index (χ2n) is 5.05. The molecule has 0 aromatic heterocycles. The molecule has 2 aromatic rings. The minimum Gasteiger partial charge on any atom is -0.378 e. The summed E-state index contributed by atoms with van der Waals surface area (Å²) in [5.74, 6) is 0. The van der Waals surface area contributed by atoms with Crippen LogP contribution in [0.5, 0.6) is 0 Å². The molecule has 0 radical (unpaired) electrons. The van der Waals surface area contributed by atoms with E-state index in [1.165, 1.54) is 12.1 Å². The molecule has 0 heterocycles. The molecule has 0 aliphatic rings. The Balaban J connectivity index is 2.38. The van der Waals surface area contributed by atoms with Crippen LogP contribution in [0.4, 0.5) is 18.9 Å². The largest absolute Gasteiger partial charge is 0.416 e. The van der Waals surface area contributed by atoms with Gasteiger partial charge in [0.2, 0.25) is 0 Å². The summed E-state index contributed by atoms with van der Waals surface area (Å²) in [4.78, 5) is 1.92. The summed E-state index contributed by atoms with van der Waals surface area (Å²) >= 11 is 0. The summed E-state index contributed by atoms with van der Waals surface area (Å²) in [6, 6.07) is 11.8. The SMILES string of the molecule is CN(C)c1ccc(C(N)c2ccccc2C(F)(F)F)cc1. The fourth-order valence-electron chi connectivity index (χ4n) is 2.19. The maximum absolute atomic E-state index is 13.0. The molecule has 0 fully saturated rings. The molecule has 112 valence electrons. The molecule has 0 saturated carbocycles. The van der Waals surface area contributed by atoms with Crippen LogP contribution in [0, 0.1) is 0 Å².